The molecule has 0 bridgehead atoms. The van der Waals surface area contributed by atoms with E-state index in [-0.39, 0.29) is 30.6 Å². The number of ether oxygens (including phenoxy) is 1. The predicted octanol–water partition coefficient (Wildman–Crippen LogP) is 0.882. The highest BCUT2D eigenvalue weighted by atomic mass is 35.5. The van der Waals surface area contributed by atoms with Gasteiger partial charge < -0.3 is 20.7 Å². The molecule has 0 saturated heterocycles. The van der Waals surface area contributed by atoms with Crippen molar-refractivity contribution in [3.8, 4) is 5.75 Å². The van der Waals surface area contributed by atoms with Crippen LogP contribution in [-0.2, 0) is 14.8 Å². The maximum Gasteiger partial charge on any atom is 0.257 e. The van der Waals surface area contributed by atoms with Crippen LogP contribution in [-0.4, -0.2) is 50.5 Å². The molecule has 3 N–H and O–H groups in total. The quantitative estimate of drug-likeness (QED) is 0.761. The van der Waals surface area contributed by atoms with Crippen molar-refractivity contribution in [2.75, 3.05) is 30.8 Å². The molecule has 1 aromatic rings. The number of amidine groups is 1. The topological polar surface area (TPSA) is 114 Å². The van der Waals surface area contributed by atoms with Gasteiger partial charge in [-0.2, -0.15) is 0 Å². The van der Waals surface area contributed by atoms with Crippen molar-refractivity contribution in [1.82, 2.24) is 4.90 Å². The van der Waals surface area contributed by atoms with E-state index in [2.05, 4.69) is 9.71 Å². The van der Waals surface area contributed by atoms with Crippen LogP contribution in [0.15, 0.2) is 52.6 Å². The second-order valence-electron chi connectivity index (χ2n) is 5.46. The summed E-state index contributed by atoms with van der Waals surface area (Å²) < 4.78 is 32.0. The molecule has 0 radical (unpaired) electrons. The number of carbonyl (C=O) groups is 1. The van der Waals surface area contributed by atoms with E-state index in [0.29, 0.717) is 36.0 Å². The first-order valence-corrected chi connectivity index (χ1v) is 9.31. The first kappa shape index (κ1) is 20.0. The molecule has 26 heavy (non-hydrogen) atoms. The molecule has 1 aromatic carbocycles. The average molecular weight is 399 g/mol. The van der Waals surface area contributed by atoms with E-state index in [9.17, 15) is 13.2 Å². The summed E-state index contributed by atoms with van der Waals surface area (Å²) in [6.45, 7) is 1.14. The number of nitrogens with zero attached hydrogens (tertiary/aromatic N) is 2. The molecule has 0 saturated carbocycles. The number of benzene rings is 1. The van der Waals surface area contributed by atoms with E-state index in [1.165, 1.54) is 6.08 Å². The van der Waals surface area contributed by atoms with Gasteiger partial charge in [0.1, 0.15) is 18.2 Å². The van der Waals surface area contributed by atoms with Gasteiger partial charge >= 0.3 is 0 Å². The van der Waals surface area contributed by atoms with E-state index in [0.717, 1.165) is 0 Å². The summed E-state index contributed by atoms with van der Waals surface area (Å²) in [4.78, 5) is 14.0. The first-order valence-electron chi connectivity index (χ1n) is 7.70. The standard InChI is InChI=1S/C16H18N4O4S.ClH/c17-7-9-24-14-4-2-13(3-5-14)18-16(21)12-1-6-15-19-25(22,23)10-8-20(15)11-12;/h1-6,11H,7-10,17H2,(H,18,21);1H. The minimum atomic E-state index is -3.40. The van der Waals surface area contributed by atoms with Gasteiger partial charge in [-0.15, -0.1) is 16.8 Å². The second-order valence-corrected chi connectivity index (χ2v) is 7.22. The van der Waals surface area contributed by atoms with Crippen molar-refractivity contribution in [2.24, 2.45) is 10.1 Å². The highest BCUT2D eigenvalue weighted by Crippen LogP contribution is 2.19. The Morgan fingerprint density at radius 3 is 2.69 bits per heavy atom. The largest absolute Gasteiger partial charge is 0.492 e. The predicted molar refractivity (Wildman–Crippen MR) is 102 cm³/mol. The van der Waals surface area contributed by atoms with Gasteiger partial charge in [0.25, 0.3) is 15.9 Å². The molecule has 3 rings (SSSR count). The van der Waals surface area contributed by atoms with Gasteiger partial charge in [0.05, 0.1) is 11.3 Å². The van der Waals surface area contributed by atoms with Gasteiger partial charge in [0.2, 0.25) is 0 Å². The lowest BCUT2D eigenvalue weighted by molar-refractivity contribution is -0.112. The highest BCUT2D eigenvalue weighted by molar-refractivity contribution is 7.90. The van der Waals surface area contributed by atoms with Gasteiger partial charge in [-0.1, -0.05) is 0 Å². The number of nitrogens with one attached hydrogen (secondary N) is 1. The zero-order valence-electron chi connectivity index (χ0n) is 13.8. The number of fused-ring (bicyclic) bond motifs is 1. The molecule has 10 heteroatoms. The Balaban J connectivity index is 0.00000243. The van der Waals surface area contributed by atoms with Crippen molar-refractivity contribution in [2.45, 2.75) is 0 Å². The van der Waals surface area contributed by atoms with Crippen LogP contribution in [0, 0.1) is 0 Å². The number of nitrogens with two attached hydrogens (primary N) is 1. The smallest absolute Gasteiger partial charge is 0.257 e. The fourth-order valence-corrected chi connectivity index (χ4v) is 3.32. The average Bonchev–Trinajstić information content (AvgIpc) is 2.60. The van der Waals surface area contributed by atoms with Gasteiger partial charge in [0, 0.05) is 25.0 Å². The van der Waals surface area contributed by atoms with Crippen molar-refractivity contribution >= 4 is 39.9 Å². The molecule has 0 atom stereocenters. The number of hydrogen-bond acceptors (Lipinski definition) is 6. The van der Waals surface area contributed by atoms with Crippen molar-refractivity contribution in [1.29, 1.82) is 0 Å². The van der Waals surface area contributed by atoms with Crippen molar-refractivity contribution in [3.63, 3.8) is 0 Å². The lowest BCUT2D eigenvalue weighted by atomic mass is 10.1. The minimum absolute atomic E-state index is 0. The zero-order chi connectivity index (χ0) is 17.9. The highest BCUT2D eigenvalue weighted by Gasteiger charge is 2.24. The summed E-state index contributed by atoms with van der Waals surface area (Å²) in [6.07, 6.45) is 4.67. The normalized spacial score (nSPS) is 17.3. The zero-order valence-corrected chi connectivity index (χ0v) is 15.4. The van der Waals surface area contributed by atoms with E-state index < -0.39 is 10.0 Å². The Hall–Kier alpha value is -2.36. The summed E-state index contributed by atoms with van der Waals surface area (Å²) in [5, 5.41) is 2.78. The Morgan fingerprint density at radius 2 is 2.00 bits per heavy atom. The molecule has 0 aromatic heterocycles. The molecule has 0 fully saturated rings. The number of carbonyl (C=O) groups excluding carboxylic acids is 1. The van der Waals surface area contributed by atoms with E-state index in [4.69, 9.17) is 10.5 Å². The van der Waals surface area contributed by atoms with E-state index in [1.807, 2.05) is 0 Å². The van der Waals surface area contributed by atoms with Crippen LogP contribution >= 0.6 is 12.4 Å². The SMILES string of the molecule is Cl.NCCOc1ccc(NC(=O)C2=CN3CCS(=O)(=O)N=C3C=C2)cc1. The number of anilines is 1. The third kappa shape index (κ3) is 4.84. The first-order chi connectivity index (χ1) is 12.0. The molecule has 0 spiro atoms. The molecule has 140 valence electrons. The Labute approximate surface area is 157 Å². The van der Waals surface area contributed by atoms with E-state index in [1.54, 1.807) is 41.4 Å². The van der Waals surface area contributed by atoms with Crippen LogP contribution < -0.4 is 15.8 Å². The van der Waals surface area contributed by atoms with Gasteiger partial charge in [0.15, 0.2) is 0 Å². The minimum Gasteiger partial charge on any atom is -0.492 e. The second kappa shape index (κ2) is 8.35. The molecule has 1 amide bonds. The summed E-state index contributed by atoms with van der Waals surface area (Å²) >= 11 is 0. The van der Waals surface area contributed by atoms with Crippen LogP contribution in [0.3, 0.4) is 0 Å². The Bertz CT molecular complexity index is 863. The van der Waals surface area contributed by atoms with Crippen LogP contribution in [0.1, 0.15) is 0 Å². The third-order valence-electron chi connectivity index (χ3n) is 3.58. The van der Waals surface area contributed by atoms with Crippen LogP contribution in [0.25, 0.3) is 0 Å². The van der Waals surface area contributed by atoms with Gasteiger partial charge in [-0.3, -0.25) is 4.79 Å². The van der Waals surface area contributed by atoms with Crippen LogP contribution in [0.5, 0.6) is 5.75 Å². The summed E-state index contributed by atoms with van der Waals surface area (Å²) in [5.41, 5.74) is 6.42. The van der Waals surface area contributed by atoms with Crippen LogP contribution in [0.2, 0.25) is 0 Å². The maximum atomic E-state index is 12.4. The van der Waals surface area contributed by atoms with Gasteiger partial charge in [-0.25, -0.2) is 8.42 Å². The number of amides is 1. The van der Waals surface area contributed by atoms with E-state index >= 15 is 0 Å². The lowest BCUT2D eigenvalue weighted by Crippen LogP contribution is -2.37. The summed E-state index contributed by atoms with van der Waals surface area (Å²) in [7, 11) is -3.40. The fraction of sp³-hybridized carbons (Fsp3) is 0.250. The number of rotatable bonds is 5. The Morgan fingerprint density at radius 1 is 1.27 bits per heavy atom. The third-order valence-corrected chi connectivity index (χ3v) is 4.75. The monoisotopic (exact) mass is 398 g/mol. The van der Waals surface area contributed by atoms with Crippen molar-refractivity contribution in [3.05, 3.63) is 48.2 Å². The molecule has 2 aliphatic rings. The fourth-order valence-electron chi connectivity index (χ4n) is 2.35. The summed E-state index contributed by atoms with van der Waals surface area (Å²) in [6, 6.07) is 6.96. The van der Waals surface area contributed by atoms with Gasteiger partial charge in [-0.05, 0) is 36.4 Å². The number of halogens is 1. The molecular formula is C16H19ClN4O4S. The molecule has 8 nitrogen and oxygen atoms in total. The molecule has 0 unspecified atom stereocenters. The number of hydrogen-bond donors (Lipinski definition) is 2. The molecule has 2 aliphatic heterocycles. The summed E-state index contributed by atoms with van der Waals surface area (Å²) in [5.74, 6) is 0.638. The van der Waals surface area contributed by atoms with Crippen molar-refractivity contribution < 1.29 is 17.9 Å². The number of sulfonamides is 1. The maximum absolute atomic E-state index is 12.4. The molecule has 0 aliphatic carbocycles. The Kier molecular flexibility index (Phi) is 6.41. The lowest BCUT2D eigenvalue weighted by Gasteiger charge is -2.26. The molecule has 2 heterocycles. The van der Waals surface area contributed by atoms with Crippen LogP contribution in [0.4, 0.5) is 5.69 Å². The molecular weight excluding hydrogens is 380 g/mol.